The van der Waals surface area contributed by atoms with Crippen LogP contribution in [0.1, 0.15) is 65.5 Å². The molecule has 1 fully saturated rings. The SMILES string of the molecule is COC(=O)C=C1C[C@@H](C[C@@H](OCc2ccc(OC)cc2)[C@@H](C)OCc2ccccc2)O[C@@](OC)(C(C)(C)CO[Si](C)(C)C(C)(C)C)C1O. The number of carbonyl (C=O) groups is 1. The van der Waals surface area contributed by atoms with Crippen LogP contribution in [0.3, 0.4) is 0 Å². The van der Waals surface area contributed by atoms with E-state index < -0.39 is 43.8 Å². The van der Waals surface area contributed by atoms with Gasteiger partial charge in [-0.3, -0.25) is 0 Å². The van der Waals surface area contributed by atoms with Crippen molar-refractivity contribution in [3.05, 3.63) is 77.4 Å². The molecule has 9 nitrogen and oxygen atoms in total. The van der Waals surface area contributed by atoms with Crippen LogP contribution in [0, 0.1) is 5.41 Å². The molecule has 1 aliphatic heterocycles. The van der Waals surface area contributed by atoms with E-state index in [-0.39, 0.29) is 24.2 Å². The van der Waals surface area contributed by atoms with Crippen LogP contribution in [-0.2, 0) is 46.1 Å². The lowest BCUT2D eigenvalue weighted by Crippen LogP contribution is -2.64. The molecule has 5 atom stereocenters. The molecular weight excluding hydrogens is 628 g/mol. The van der Waals surface area contributed by atoms with Gasteiger partial charge in [0.15, 0.2) is 8.32 Å². The van der Waals surface area contributed by atoms with E-state index in [4.69, 9.17) is 32.8 Å². The third-order valence-corrected chi connectivity index (χ3v) is 14.3. The predicted octanol–water partition coefficient (Wildman–Crippen LogP) is 7.22. The van der Waals surface area contributed by atoms with E-state index in [9.17, 15) is 9.90 Å². The molecule has 0 radical (unpaired) electrons. The Labute approximate surface area is 289 Å². The zero-order chi connectivity index (χ0) is 35.8. The Morgan fingerprint density at radius 1 is 0.979 bits per heavy atom. The molecule has 0 saturated carbocycles. The van der Waals surface area contributed by atoms with Crippen molar-refractivity contribution in [3.63, 3.8) is 0 Å². The van der Waals surface area contributed by atoms with Gasteiger partial charge in [-0.05, 0) is 60.3 Å². The third kappa shape index (κ3) is 10.00. The molecule has 3 rings (SSSR count). The molecule has 2 aromatic carbocycles. The maximum atomic E-state index is 12.5. The number of aliphatic hydroxyl groups excluding tert-OH is 1. The molecular formula is C38H58O9Si. The van der Waals surface area contributed by atoms with Gasteiger partial charge >= 0.3 is 5.97 Å². The van der Waals surface area contributed by atoms with Crippen LogP contribution in [-0.4, -0.2) is 77.5 Å². The summed E-state index contributed by atoms with van der Waals surface area (Å²) in [4.78, 5) is 12.5. The fourth-order valence-corrected chi connectivity index (χ4v) is 6.74. The number of carbonyl (C=O) groups excluding carboxylic acids is 1. The van der Waals surface area contributed by atoms with Crippen molar-refractivity contribution < 1.29 is 42.7 Å². The Bertz CT molecular complexity index is 1320. The molecule has 2 aromatic rings. The maximum absolute atomic E-state index is 12.5. The summed E-state index contributed by atoms with van der Waals surface area (Å²) in [5.74, 6) is -1.32. The van der Waals surface area contributed by atoms with Gasteiger partial charge in [-0.1, -0.05) is 77.1 Å². The van der Waals surface area contributed by atoms with E-state index in [1.54, 1.807) is 7.11 Å². The Hall–Kier alpha value is -2.57. The largest absolute Gasteiger partial charge is 0.497 e. The topological polar surface area (TPSA) is 102 Å². The lowest BCUT2D eigenvalue weighted by Gasteiger charge is -2.54. The highest BCUT2D eigenvalue weighted by Gasteiger charge is 2.58. The normalized spacial score (nSPS) is 22.7. The molecule has 1 unspecified atom stereocenters. The Kier molecular flexibility index (Phi) is 14.0. The Morgan fingerprint density at radius 3 is 2.15 bits per heavy atom. The number of methoxy groups -OCH3 is 3. The van der Waals surface area contributed by atoms with Gasteiger partial charge in [0.1, 0.15) is 11.9 Å². The zero-order valence-corrected chi connectivity index (χ0v) is 31.8. The van der Waals surface area contributed by atoms with Crippen LogP contribution in [0.4, 0.5) is 0 Å². The van der Waals surface area contributed by atoms with E-state index in [2.05, 4.69) is 33.9 Å². The van der Waals surface area contributed by atoms with Crippen LogP contribution >= 0.6 is 0 Å². The molecule has 0 amide bonds. The van der Waals surface area contributed by atoms with Gasteiger partial charge in [0.2, 0.25) is 5.79 Å². The van der Waals surface area contributed by atoms with Crippen LogP contribution < -0.4 is 4.74 Å². The summed E-state index contributed by atoms with van der Waals surface area (Å²) in [7, 11) is 2.32. The van der Waals surface area contributed by atoms with Crippen molar-refractivity contribution in [1.82, 2.24) is 0 Å². The minimum atomic E-state index is -2.17. The standard InChI is InChI=1S/C38H58O9Si/c1-27(44-24-28-15-13-12-14-16-28)33(45-25-29-17-19-31(41-7)20-18-29)23-32-21-30(22-34(39)42-8)35(40)38(43-9,47-32)37(5,6)26-46-48(10,11)36(2,3)4/h12-20,22,27,32-33,35,40H,21,23-26H2,1-11H3/t27-,32+,33-,35?,38-/m1/s1. The minimum absolute atomic E-state index is 0.0157. The van der Waals surface area contributed by atoms with E-state index in [1.807, 2.05) is 75.4 Å². The number of rotatable bonds is 16. The molecule has 10 heteroatoms. The highest BCUT2D eigenvalue weighted by Crippen LogP contribution is 2.48. The van der Waals surface area contributed by atoms with Gasteiger partial charge in [0, 0.05) is 31.6 Å². The molecule has 0 aromatic heterocycles. The molecule has 0 spiro atoms. The van der Waals surface area contributed by atoms with Crippen molar-refractivity contribution in [2.75, 3.05) is 27.9 Å². The van der Waals surface area contributed by atoms with Gasteiger partial charge < -0.3 is 38.0 Å². The maximum Gasteiger partial charge on any atom is 0.330 e. The molecule has 1 saturated heterocycles. The first-order valence-corrected chi connectivity index (χ1v) is 19.6. The fourth-order valence-electron chi connectivity index (χ4n) is 5.58. The average molecular weight is 687 g/mol. The zero-order valence-electron chi connectivity index (χ0n) is 30.8. The second kappa shape index (κ2) is 16.9. The highest BCUT2D eigenvalue weighted by molar-refractivity contribution is 6.74. The average Bonchev–Trinajstić information content (AvgIpc) is 3.06. The summed E-state index contributed by atoms with van der Waals surface area (Å²) in [6, 6.07) is 17.7. The first-order valence-electron chi connectivity index (χ1n) is 16.7. The van der Waals surface area contributed by atoms with Crippen LogP contribution in [0.5, 0.6) is 5.75 Å². The van der Waals surface area contributed by atoms with Gasteiger partial charge in [0.25, 0.3) is 0 Å². The Balaban J connectivity index is 1.94. The molecule has 1 heterocycles. The summed E-state index contributed by atoms with van der Waals surface area (Å²) in [5.41, 5.74) is 1.67. The Morgan fingerprint density at radius 2 is 1.58 bits per heavy atom. The van der Waals surface area contributed by atoms with Crippen molar-refractivity contribution in [3.8, 4) is 5.75 Å². The predicted molar refractivity (Wildman–Crippen MR) is 189 cm³/mol. The molecule has 1 aliphatic rings. The number of aliphatic hydroxyl groups is 1. The van der Waals surface area contributed by atoms with Crippen molar-refractivity contribution in [2.45, 2.75) is 116 Å². The fraction of sp³-hybridized carbons (Fsp3) is 0.605. The van der Waals surface area contributed by atoms with E-state index >= 15 is 0 Å². The number of benzene rings is 2. The van der Waals surface area contributed by atoms with Crippen molar-refractivity contribution in [2.24, 2.45) is 5.41 Å². The monoisotopic (exact) mass is 686 g/mol. The molecule has 0 aliphatic carbocycles. The summed E-state index contributed by atoms with van der Waals surface area (Å²) in [5, 5.41) is 11.9. The third-order valence-electron chi connectivity index (χ3n) is 9.86. The molecule has 268 valence electrons. The summed E-state index contributed by atoms with van der Waals surface area (Å²) in [6.07, 6.45) is -0.450. The smallest absolute Gasteiger partial charge is 0.330 e. The minimum Gasteiger partial charge on any atom is -0.497 e. The summed E-state index contributed by atoms with van der Waals surface area (Å²) in [6.45, 7) is 17.9. The van der Waals surface area contributed by atoms with E-state index in [0.29, 0.717) is 25.2 Å². The lowest BCUT2D eigenvalue weighted by molar-refractivity contribution is -0.350. The molecule has 48 heavy (non-hydrogen) atoms. The van der Waals surface area contributed by atoms with Crippen LogP contribution in [0.15, 0.2) is 66.2 Å². The summed E-state index contributed by atoms with van der Waals surface area (Å²) < 4.78 is 42.9. The van der Waals surface area contributed by atoms with Gasteiger partial charge in [0.05, 0.1) is 45.7 Å². The van der Waals surface area contributed by atoms with Crippen molar-refractivity contribution in [1.29, 1.82) is 0 Å². The first kappa shape index (κ1) is 39.9. The van der Waals surface area contributed by atoms with Gasteiger partial charge in [-0.2, -0.15) is 0 Å². The van der Waals surface area contributed by atoms with Crippen molar-refractivity contribution >= 4 is 14.3 Å². The number of hydrogen-bond acceptors (Lipinski definition) is 9. The quantitative estimate of drug-likeness (QED) is 0.111. The lowest BCUT2D eigenvalue weighted by atomic mass is 9.75. The number of esters is 1. The number of hydrogen-bond donors (Lipinski definition) is 1. The second-order valence-electron chi connectivity index (χ2n) is 14.8. The van der Waals surface area contributed by atoms with Crippen LogP contribution in [0.2, 0.25) is 18.1 Å². The molecule has 0 bridgehead atoms. The van der Waals surface area contributed by atoms with Gasteiger partial charge in [-0.15, -0.1) is 0 Å². The van der Waals surface area contributed by atoms with Crippen LogP contribution in [0.25, 0.3) is 0 Å². The summed E-state index contributed by atoms with van der Waals surface area (Å²) >= 11 is 0. The van der Waals surface area contributed by atoms with Gasteiger partial charge in [-0.25, -0.2) is 4.79 Å². The van der Waals surface area contributed by atoms with E-state index in [1.165, 1.54) is 20.3 Å². The first-order chi connectivity index (χ1) is 22.5. The molecule has 1 N–H and O–H groups in total. The highest BCUT2D eigenvalue weighted by atomic mass is 28.4. The second-order valence-corrected chi connectivity index (χ2v) is 19.6. The number of ether oxygens (including phenoxy) is 6. The van der Waals surface area contributed by atoms with E-state index in [0.717, 1.165) is 16.9 Å².